The molecule has 1 fully saturated rings. The van der Waals surface area contributed by atoms with Crippen LogP contribution < -0.4 is 15.8 Å². The molecule has 3 N–H and O–H groups in total. The van der Waals surface area contributed by atoms with Crippen molar-refractivity contribution < 1.29 is 9.53 Å². The van der Waals surface area contributed by atoms with Crippen LogP contribution in [0.3, 0.4) is 0 Å². The summed E-state index contributed by atoms with van der Waals surface area (Å²) in [5.41, 5.74) is 7.85. The number of hydrogen-bond donors (Lipinski definition) is 2. The lowest BCUT2D eigenvalue weighted by atomic mass is 9.85. The number of fused-ring (bicyclic) bond motifs is 2. The van der Waals surface area contributed by atoms with Crippen LogP contribution >= 0.6 is 22.9 Å². The first kappa shape index (κ1) is 20.0. The predicted molar refractivity (Wildman–Crippen MR) is 121 cm³/mol. The molecule has 0 saturated heterocycles. The molecule has 11 heteroatoms. The Hall–Kier alpha value is -2.98. The first-order chi connectivity index (χ1) is 15.0. The van der Waals surface area contributed by atoms with Crippen LogP contribution in [0.1, 0.15) is 31.7 Å². The molecule has 1 aromatic carbocycles. The van der Waals surface area contributed by atoms with Crippen LogP contribution in [0.5, 0.6) is 5.75 Å². The van der Waals surface area contributed by atoms with Crippen molar-refractivity contribution in [2.45, 2.75) is 31.7 Å². The molecule has 0 radical (unpaired) electrons. The minimum absolute atomic E-state index is 0.00146. The van der Waals surface area contributed by atoms with E-state index in [4.69, 9.17) is 22.1 Å². The Labute approximate surface area is 186 Å². The lowest BCUT2D eigenvalue weighted by Gasteiger charge is -2.28. The predicted octanol–water partition coefficient (Wildman–Crippen LogP) is 4.05. The first-order valence-electron chi connectivity index (χ1n) is 9.93. The number of halogens is 1. The van der Waals surface area contributed by atoms with E-state index in [9.17, 15) is 4.79 Å². The molecule has 1 aliphatic carbocycles. The van der Waals surface area contributed by atoms with Gasteiger partial charge in [-0.3, -0.25) is 4.79 Å². The van der Waals surface area contributed by atoms with E-state index in [2.05, 4.69) is 25.3 Å². The molecule has 5 rings (SSSR count). The standard InChI is InChI=1S/C20H20ClN7O2S/c1-30-12-3-2-4-13-14(12)24-20(31-13)27-18(29)10-5-7-11(8-6-10)28-9-23-15-16(22)25-19(21)26-17(15)28/h2-4,9-11H,5-8H2,1H3,(H2,22,25,26)(H,24,27,29)/t10-,11+. The number of nitrogens with zero attached hydrogens (tertiary/aromatic N) is 5. The number of thiazole rings is 1. The fourth-order valence-electron chi connectivity index (χ4n) is 4.14. The molecule has 1 saturated carbocycles. The highest BCUT2D eigenvalue weighted by molar-refractivity contribution is 7.22. The van der Waals surface area contributed by atoms with Gasteiger partial charge in [-0.2, -0.15) is 9.97 Å². The average molecular weight is 458 g/mol. The van der Waals surface area contributed by atoms with E-state index >= 15 is 0 Å². The number of carbonyl (C=O) groups is 1. The Kier molecular flexibility index (Phi) is 5.11. The van der Waals surface area contributed by atoms with Crippen molar-refractivity contribution >= 4 is 61.2 Å². The summed E-state index contributed by atoms with van der Waals surface area (Å²) in [6.45, 7) is 0. The molecule has 0 aliphatic heterocycles. The lowest BCUT2D eigenvalue weighted by Crippen LogP contribution is -2.28. The van der Waals surface area contributed by atoms with Gasteiger partial charge in [-0.05, 0) is 49.4 Å². The van der Waals surface area contributed by atoms with Crippen molar-refractivity contribution in [2.75, 3.05) is 18.2 Å². The van der Waals surface area contributed by atoms with Crippen molar-refractivity contribution in [3.8, 4) is 5.75 Å². The molecule has 0 atom stereocenters. The van der Waals surface area contributed by atoms with E-state index in [1.165, 1.54) is 11.3 Å². The summed E-state index contributed by atoms with van der Waals surface area (Å²) in [4.78, 5) is 30.0. The number of rotatable bonds is 4. The van der Waals surface area contributed by atoms with Gasteiger partial charge in [0.2, 0.25) is 11.2 Å². The van der Waals surface area contributed by atoms with Gasteiger partial charge in [-0.15, -0.1) is 0 Å². The summed E-state index contributed by atoms with van der Waals surface area (Å²) >= 11 is 7.42. The van der Waals surface area contributed by atoms with Gasteiger partial charge >= 0.3 is 0 Å². The molecule has 160 valence electrons. The third-order valence-corrected chi connectivity index (χ3v) is 6.82. The molecular formula is C20H20ClN7O2S. The van der Waals surface area contributed by atoms with Gasteiger partial charge < -0.3 is 20.4 Å². The maximum atomic E-state index is 12.8. The number of methoxy groups -OCH3 is 1. The van der Waals surface area contributed by atoms with Crippen molar-refractivity contribution in [1.82, 2.24) is 24.5 Å². The summed E-state index contributed by atoms with van der Waals surface area (Å²) in [5, 5.41) is 3.68. The van der Waals surface area contributed by atoms with Gasteiger partial charge in [0, 0.05) is 12.0 Å². The van der Waals surface area contributed by atoms with Crippen molar-refractivity contribution in [1.29, 1.82) is 0 Å². The van der Waals surface area contributed by atoms with Crippen molar-refractivity contribution in [3.05, 3.63) is 29.8 Å². The zero-order chi connectivity index (χ0) is 21.5. The number of amides is 1. The summed E-state index contributed by atoms with van der Waals surface area (Å²) in [6, 6.07) is 5.93. The Morgan fingerprint density at radius 3 is 2.81 bits per heavy atom. The molecule has 3 aromatic heterocycles. The number of anilines is 2. The summed E-state index contributed by atoms with van der Waals surface area (Å²) in [6.07, 6.45) is 4.92. The molecule has 1 aliphatic rings. The molecule has 0 spiro atoms. The van der Waals surface area contributed by atoms with Gasteiger partial charge in [-0.25, -0.2) is 9.97 Å². The first-order valence-corrected chi connectivity index (χ1v) is 11.1. The molecule has 0 bridgehead atoms. The Morgan fingerprint density at radius 2 is 2.03 bits per heavy atom. The van der Waals surface area contributed by atoms with Crippen LogP contribution in [-0.4, -0.2) is 37.5 Å². The molecule has 1 amide bonds. The maximum absolute atomic E-state index is 12.8. The van der Waals surface area contributed by atoms with E-state index in [0.29, 0.717) is 22.0 Å². The van der Waals surface area contributed by atoms with Gasteiger partial charge in [-0.1, -0.05) is 17.4 Å². The van der Waals surface area contributed by atoms with E-state index in [1.54, 1.807) is 13.4 Å². The summed E-state index contributed by atoms with van der Waals surface area (Å²) < 4.78 is 8.32. The number of imidazole rings is 1. The SMILES string of the molecule is COc1cccc2sc(NC(=O)[C@H]3CC[C@@H](n4cnc5c(N)nc(Cl)nc54)CC3)nc12. The summed E-state index contributed by atoms with van der Waals surface area (Å²) in [5.74, 6) is 0.908. The monoisotopic (exact) mass is 457 g/mol. The number of hydrogen-bond acceptors (Lipinski definition) is 8. The van der Waals surface area contributed by atoms with E-state index in [1.807, 2.05) is 22.8 Å². The lowest BCUT2D eigenvalue weighted by molar-refractivity contribution is -0.120. The van der Waals surface area contributed by atoms with Crippen LogP contribution in [0.15, 0.2) is 24.5 Å². The minimum Gasteiger partial charge on any atom is -0.494 e. The minimum atomic E-state index is -0.0665. The Morgan fingerprint density at radius 1 is 1.23 bits per heavy atom. The molecule has 0 unspecified atom stereocenters. The molecule has 9 nitrogen and oxygen atoms in total. The Bertz CT molecular complexity index is 1280. The molecule has 4 aromatic rings. The fourth-order valence-corrected chi connectivity index (χ4v) is 5.20. The van der Waals surface area contributed by atoms with Crippen LogP contribution in [0.4, 0.5) is 10.9 Å². The van der Waals surface area contributed by atoms with Crippen LogP contribution in [0.25, 0.3) is 21.4 Å². The largest absolute Gasteiger partial charge is 0.494 e. The highest BCUT2D eigenvalue weighted by atomic mass is 35.5. The van der Waals surface area contributed by atoms with Gasteiger partial charge in [0.15, 0.2) is 16.6 Å². The topological polar surface area (TPSA) is 121 Å². The Balaban J connectivity index is 1.27. The van der Waals surface area contributed by atoms with Gasteiger partial charge in [0.1, 0.15) is 16.8 Å². The number of nitrogens with two attached hydrogens (primary N) is 1. The zero-order valence-corrected chi connectivity index (χ0v) is 18.3. The number of benzene rings is 1. The smallest absolute Gasteiger partial charge is 0.229 e. The van der Waals surface area contributed by atoms with Crippen LogP contribution in [-0.2, 0) is 4.79 Å². The number of carbonyl (C=O) groups excluding carboxylic acids is 1. The maximum Gasteiger partial charge on any atom is 0.229 e. The van der Waals surface area contributed by atoms with Crippen LogP contribution in [0.2, 0.25) is 5.28 Å². The highest BCUT2D eigenvalue weighted by Crippen LogP contribution is 2.36. The molecular weight excluding hydrogens is 438 g/mol. The van der Waals surface area contributed by atoms with E-state index < -0.39 is 0 Å². The summed E-state index contributed by atoms with van der Waals surface area (Å²) in [7, 11) is 1.61. The number of nitrogen functional groups attached to an aromatic ring is 1. The second kappa shape index (κ2) is 7.93. The highest BCUT2D eigenvalue weighted by Gasteiger charge is 2.29. The third-order valence-electron chi connectivity index (χ3n) is 5.71. The fraction of sp³-hybridized carbons (Fsp3) is 0.350. The van der Waals surface area contributed by atoms with Crippen molar-refractivity contribution in [3.63, 3.8) is 0 Å². The number of aromatic nitrogens is 5. The average Bonchev–Trinajstić information content (AvgIpc) is 3.37. The van der Waals surface area contributed by atoms with Crippen LogP contribution in [0, 0.1) is 5.92 Å². The van der Waals surface area contributed by atoms with Gasteiger partial charge in [0.25, 0.3) is 0 Å². The second-order valence-electron chi connectivity index (χ2n) is 7.52. The zero-order valence-electron chi connectivity index (χ0n) is 16.7. The quantitative estimate of drug-likeness (QED) is 0.443. The van der Waals surface area contributed by atoms with E-state index in [-0.39, 0.29) is 29.0 Å². The number of para-hydroxylation sites is 1. The number of nitrogens with one attached hydrogen (secondary N) is 1. The second-order valence-corrected chi connectivity index (χ2v) is 8.89. The molecule has 3 heterocycles. The third kappa shape index (κ3) is 3.66. The molecule has 31 heavy (non-hydrogen) atoms. The normalized spacial score (nSPS) is 19.0. The van der Waals surface area contributed by atoms with E-state index in [0.717, 1.165) is 35.9 Å². The van der Waals surface area contributed by atoms with Crippen molar-refractivity contribution in [2.24, 2.45) is 5.92 Å². The number of ether oxygens (including phenoxy) is 1. The van der Waals surface area contributed by atoms with Gasteiger partial charge in [0.05, 0.1) is 18.1 Å².